The van der Waals surface area contributed by atoms with E-state index in [9.17, 15) is 27.9 Å². The summed E-state index contributed by atoms with van der Waals surface area (Å²) >= 11 is 0.317. The highest BCUT2D eigenvalue weighted by Crippen LogP contribution is 2.32. The van der Waals surface area contributed by atoms with Crippen LogP contribution in [0.25, 0.3) is 0 Å². The summed E-state index contributed by atoms with van der Waals surface area (Å²) in [5.41, 5.74) is 2.86. The van der Waals surface area contributed by atoms with Crippen LogP contribution in [-0.4, -0.2) is 45.5 Å². The molecule has 1 aliphatic heterocycles. The Labute approximate surface area is 121 Å². The first-order valence-electron chi connectivity index (χ1n) is 5.98. The van der Waals surface area contributed by atoms with Crippen molar-refractivity contribution in [3.05, 3.63) is 16.1 Å². The van der Waals surface area contributed by atoms with Crippen LogP contribution in [-0.2, 0) is 11.0 Å². The monoisotopic (exact) mass is 323 g/mol. The number of likely N-dealkylation sites (tertiary alicyclic amines) is 1. The molecule has 10 heteroatoms. The van der Waals surface area contributed by atoms with E-state index in [1.54, 1.807) is 0 Å². The zero-order valence-electron chi connectivity index (χ0n) is 10.7. The van der Waals surface area contributed by atoms with Gasteiger partial charge in [-0.15, -0.1) is 11.3 Å². The first-order chi connectivity index (χ1) is 9.63. The molecular weight excluding hydrogens is 311 g/mol. The highest BCUT2D eigenvalue weighted by Gasteiger charge is 2.41. The lowest BCUT2D eigenvalue weighted by Gasteiger charge is -2.36. The number of piperidine rings is 1. The number of β-amino-alcohol motifs (C(OH)–C–C–N with tert-alkyl or cyclic N) is 1. The number of hydrogen-bond acceptors (Lipinski definition) is 5. The maximum Gasteiger partial charge on any atom is 0.443 e. The number of hydrogen-bond donors (Lipinski definition) is 2. The van der Waals surface area contributed by atoms with Gasteiger partial charge in [0.05, 0.1) is 6.54 Å². The van der Waals surface area contributed by atoms with Gasteiger partial charge in [0, 0.05) is 11.9 Å². The summed E-state index contributed by atoms with van der Waals surface area (Å²) in [6.07, 6.45) is -4.18. The van der Waals surface area contributed by atoms with Crippen molar-refractivity contribution in [2.45, 2.75) is 24.6 Å². The van der Waals surface area contributed by atoms with Crippen LogP contribution in [0.3, 0.4) is 0 Å². The minimum Gasteiger partial charge on any atom is -0.378 e. The van der Waals surface area contributed by atoms with Gasteiger partial charge in [-0.1, -0.05) is 0 Å². The average molecular weight is 323 g/mol. The molecule has 1 aliphatic rings. The maximum absolute atomic E-state index is 12.5. The smallest absolute Gasteiger partial charge is 0.378 e. The van der Waals surface area contributed by atoms with Gasteiger partial charge in [-0.05, 0) is 12.8 Å². The predicted molar refractivity (Wildman–Crippen MR) is 66.4 cm³/mol. The van der Waals surface area contributed by atoms with E-state index >= 15 is 0 Å². The van der Waals surface area contributed by atoms with Gasteiger partial charge >= 0.3 is 6.18 Å². The fraction of sp³-hybridized carbons (Fsp3) is 0.545. The summed E-state index contributed by atoms with van der Waals surface area (Å²) < 4.78 is 37.4. The summed E-state index contributed by atoms with van der Waals surface area (Å²) in [6, 6.07) is 0. The Morgan fingerprint density at radius 3 is 2.67 bits per heavy atom. The molecule has 0 spiro atoms. The van der Waals surface area contributed by atoms with Crippen LogP contribution in [0.4, 0.5) is 13.2 Å². The van der Waals surface area contributed by atoms with E-state index in [0.717, 1.165) is 10.3 Å². The number of rotatable bonds is 2. The minimum absolute atomic E-state index is 0.108. The third-order valence-electron chi connectivity index (χ3n) is 3.18. The molecule has 1 unspecified atom stereocenters. The van der Waals surface area contributed by atoms with Crippen LogP contribution < -0.4 is 5.73 Å². The van der Waals surface area contributed by atoms with Gasteiger partial charge < -0.3 is 15.7 Å². The Morgan fingerprint density at radius 1 is 1.48 bits per heavy atom. The van der Waals surface area contributed by atoms with Crippen molar-refractivity contribution >= 4 is 23.2 Å². The molecule has 21 heavy (non-hydrogen) atoms. The molecule has 2 rings (SSSR count). The quantitative estimate of drug-likeness (QED) is 0.833. The third-order valence-corrected chi connectivity index (χ3v) is 4.07. The van der Waals surface area contributed by atoms with E-state index in [4.69, 9.17) is 5.73 Å². The molecule has 3 N–H and O–H groups in total. The zero-order chi connectivity index (χ0) is 15.8. The Bertz CT molecular complexity index is 575. The van der Waals surface area contributed by atoms with Crippen LogP contribution >= 0.6 is 11.3 Å². The molecule has 0 aromatic carbocycles. The van der Waals surface area contributed by atoms with Crippen molar-refractivity contribution in [3.8, 4) is 0 Å². The van der Waals surface area contributed by atoms with E-state index in [2.05, 4.69) is 4.98 Å². The second-order valence-corrected chi connectivity index (χ2v) is 5.62. The number of carbonyl (C=O) groups is 2. The summed E-state index contributed by atoms with van der Waals surface area (Å²) in [5.74, 6) is -1.73. The number of aromatic nitrogens is 1. The van der Waals surface area contributed by atoms with Gasteiger partial charge in [-0.3, -0.25) is 9.59 Å². The SMILES string of the molecule is NC(=O)C1(O)CCCN(C(=O)c2csc(C(F)(F)F)n2)C1. The molecule has 2 heterocycles. The Morgan fingerprint density at radius 2 is 2.14 bits per heavy atom. The molecule has 0 saturated carbocycles. The molecular formula is C11H12F3N3O3S. The first kappa shape index (κ1) is 15.7. The van der Waals surface area contributed by atoms with E-state index in [-0.39, 0.29) is 25.2 Å². The average Bonchev–Trinajstić information content (AvgIpc) is 2.87. The first-order valence-corrected chi connectivity index (χ1v) is 6.86. The molecule has 1 aromatic rings. The van der Waals surface area contributed by atoms with Gasteiger partial charge in [0.15, 0.2) is 10.6 Å². The van der Waals surface area contributed by atoms with Crippen molar-refractivity contribution in [2.75, 3.05) is 13.1 Å². The van der Waals surface area contributed by atoms with Gasteiger partial charge in [-0.25, -0.2) is 4.98 Å². The molecule has 1 atom stereocenters. The second kappa shape index (κ2) is 5.26. The Balaban J connectivity index is 2.17. The fourth-order valence-corrected chi connectivity index (χ4v) is 2.74. The summed E-state index contributed by atoms with van der Waals surface area (Å²) in [7, 11) is 0. The van der Waals surface area contributed by atoms with E-state index in [1.165, 1.54) is 0 Å². The van der Waals surface area contributed by atoms with Crippen molar-refractivity contribution in [1.82, 2.24) is 9.88 Å². The number of nitrogens with two attached hydrogens (primary N) is 1. The van der Waals surface area contributed by atoms with Crippen LogP contribution in [0.2, 0.25) is 0 Å². The number of thiazole rings is 1. The van der Waals surface area contributed by atoms with Crippen LogP contribution in [0.5, 0.6) is 0 Å². The van der Waals surface area contributed by atoms with E-state index in [0.29, 0.717) is 17.8 Å². The van der Waals surface area contributed by atoms with Crippen molar-refractivity contribution in [2.24, 2.45) is 5.73 Å². The topological polar surface area (TPSA) is 96.5 Å². The molecule has 1 saturated heterocycles. The zero-order valence-corrected chi connectivity index (χ0v) is 11.5. The van der Waals surface area contributed by atoms with Gasteiger partial charge in [-0.2, -0.15) is 13.2 Å². The lowest BCUT2D eigenvalue weighted by molar-refractivity contribution is -0.140. The number of carbonyl (C=O) groups excluding carboxylic acids is 2. The minimum atomic E-state index is -4.61. The summed E-state index contributed by atoms with van der Waals surface area (Å²) in [6.45, 7) is -0.132. The van der Waals surface area contributed by atoms with Crippen molar-refractivity contribution in [3.63, 3.8) is 0 Å². The van der Waals surface area contributed by atoms with E-state index < -0.39 is 28.6 Å². The number of primary amides is 1. The number of aliphatic hydroxyl groups is 1. The highest BCUT2D eigenvalue weighted by molar-refractivity contribution is 7.09. The normalized spacial score (nSPS) is 23.1. The molecule has 0 aliphatic carbocycles. The van der Waals surface area contributed by atoms with Gasteiger partial charge in [0.1, 0.15) is 5.69 Å². The standard InChI is InChI=1S/C11H12F3N3O3S/c12-11(13,14)9-16-6(4-21-9)7(18)17-3-1-2-10(20,5-17)8(15)19/h4,20H,1-3,5H2,(H2,15,19). The van der Waals surface area contributed by atoms with E-state index in [1.807, 2.05) is 0 Å². The number of halogens is 3. The molecule has 0 bridgehead atoms. The van der Waals surface area contributed by atoms with Gasteiger partial charge in [0.25, 0.3) is 11.8 Å². The molecule has 2 amide bonds. The molecule has 0 radical (unpaired) electrons. The van der Waals surface area contributed by atoms with Crippen molar-refractivity contribution in [1.29, 1.82) is 0 Å². The maximum atomic E-state index is 12.5. The van der Waals surface area contributed by atoms with Crippen LogP contribution in [0.1, 0.15) is 28.3 Å². The number of alkyl halides is 3. The number of amides is 2. The molecule has 6 nitrogen and oxygen atoms in total. The van der Waals surface area contributed by atoms with Gasteiger partial charge in [0.2, 0.25) is 0 Å². The third kappa shape index (κ3) is 3.16. The Hall–Kier alpha value is -1.68. The Kier molecular flexibility index (Phi) is 3.93. The lowest BCUT2D eigenvalue weighted by atomic mass is 9.92. The molecule has 1 aromatic heterocycles. The van der Waals surface area contributed by atoms with Crippen LogP contribution in [0.15, 0.2) is 5.38 Å². The predicted octanol–water partition coefficient (Wildman–Crippen LogP) is 0.614. The van der Waals surface area contributed by atoms with Crippen LogP contribution in [0, 0.1) is 0 Å². The molecule has 116 valence electrons. The summed E-state index contributed by atoms with van der Waals surface area (Å²) in [5, 5.41) is 9.87. The van der Waals surface area contributed by atoms with Crippen molar-refractivity contribution < 1.29 is 27.9 Å². The lowest BCUT2D eigenvalue weighted by Crippen LogP contribution is -2.57. The second-order valence-electron chi connectivity index (χ2n) is 4.76. The summed E-state index contributed by atoms with van der Waals surface area (Å²) in [4.78, 5) is 27.6. The molecule has 1 fully saturated rings. The fourth-order valence-electron chi connectivity index (χ4n) is 2.07. The highest BCUT2D eigenvalue weighted by atomic mass is 32.1. The number of nitrogens with zero attached hydrogens (tertiary/aromatic N) is 2. The largest absolute Gasteiger partial charge is 0.443 e.